The van der Waals surface area contributed by atoms with Crippen LogP contribution in [0.1, 0.15) is 18.2 Å². The largest absolute Gasteiger partial charge is 0.391 e. The van der Waals surface area contributed by atoms with Crippen LogP contribution in [0.25, 0.3) is 0 Å². The second-order valence-corrected chi connectivity index (χ2v) is 5.39. The van der Waals surface area contributed by atoms with Gasteiger partial charge >= 0.3 is 5.69 Å². The third-order valence-corrected chi connectivity index (χ3v) is 3.53. The molecule has 1 aliphatic heterocycles. The summed E-state index contributed by atoms with van der Waals surface area (Å²) < 4.78 is 11.5. The minimum absolute atomic E-state index is 0.0498. The number of anilines is 1. The van der Waals surface area contributed by atoms with Gasteiger partial charge in [-0.3, -0.25) is 10.1 Å². The number of nitrogens with zero attached hydrogens (tertiary/aromatic N) is 2. The van der Waals surface area contributed by atoms with E-state index < -0.39 is 32.7 Å². The maximum atomic E-state index is 11.8. The first kappa shape index (κ1) is 16.2. The molecule has 1 aliphatic rings. The number of aliphatic hydroxyl groups is 2. The van der Waals surface area contributed by atoms with E-state index in [1.54, 1.807) is 0 Å². The molecule has 11 heteroatoms. The monoisotopic (exact) mass is 320 g/mol. The van der Waals surface area contributed by atoms with E-state index in [2.05, 4.69) is 4.98 Å². The lowest BCUT2D eigenvalue weighted by Gasteiger charge is -2.17. The molecule has 1 fully saturated rings. The van der Waals surface area contributed by atoms with Gasteiger partial charge in [-0.2, -0.15) is 4.98 Å². The van der Waals surface area contributed by atoms with E-state index in [-0.39, 0.29) is 31.0 Å². The summed E-state index contributed by atoms with van der Waals surface area (Å²) in [5, 5.41) is 19.0. The van der Waals surface area contributed by atoms with Gasteiger partial charge in [0, 0.05) is 18.2 Å². The van der Waals surface area contributed by atoms with Gasteiger partial charge in [-0.1, -0.05) is 0 Å². The Balaban J connectivity index is 2.15. The summed E-state index contributed by atoms with van der Waals surface area (Å²) in [4.78, 5) is 24.3. The van der Waals surface area contributed by atoms with E-state index in [4.69, 9.17) is 30.5 Å². The maximum absolute atomic E-state index is 11.8. The first-order valence-electron chi connectivity index (χ1n) is 6.11. The Bertz CT molecular complexity index is 553. The molecule has 0 amide bonds. The van der Waals surface area contributed by atoms with E-state index in [0.29, 0.717) is 0 Å². The van der Waals surface area contributed by atoms with Gasteiger partial charge in [-0.05, 0) is 0 Å². The molecule has 1 aromatic rings. The smallest absolute Gasteiger partial charge is 0.351 e. The molecular weight excluding hydrogens is 303 g/mol. The summed E-state index contributed by atoms with van der Waals surface area (Å²) in [6.07, 6.45) is -0.891. The molecule has 7 N–H and O–H groups in total. The highest BCUT2D eigenvalue weighted by Crippen LogP contribution is 2.30. The van der Waals surface area contributed by atoms with Crippen LogP contribution in [0, 0.1) is 0 Å². The second kappa shape index (κ2) is 6.75. The highest BCUT2D eigenvalue weighted by Gasteiger charge is 2.36. The molecule has 118 valence electrons. The summed E-state index contributed by atoms with van der Waals surface area (Å²) in [6, 6.07) is 0. The van der Waals surface area contributed by atoms with Crippen LogP contribution in [0.2, 0.25) is 0 Å². The topological polar surface area (TPSA) is 166 Å². The van der Waals surface area contributed by atoms with Gasteiger partial charge in [-0.25, -0.2) is 4.79 Å². The molecule has 1 unspecified atom stereocenters. The fourth-order valence-corrected chi connectivity index (χ4v) is 2.34. The Morgan fingerprint density at radius 2 is 2.33 bits per heavy atom. The second-order valence-electron chi connectivity index (χ2n) is 4.53. The molecule has 1 saturated heterocycles. The first-order valence-corrected chi connectivity index (χ1v) is 7.39. The van der Waals surface area contributed by atoms with Crippen LogP contribution < -0.4 is 16.9 Å². The number of nitrogen functional groups attached to an aromatic ring is 1. The van der Waals surface area contributed by atoms with Crippen molar-refractivity contribution in [2.45, 2.75) is 31.5 Å². The predicted octanol–water partition coefficient (Wildman–Crippen LogP) is -1.84. The van der Waals surface area contributed by atoms with Gasteiger partial charge in [0.15, 0.2) is 0 Å². The van der Waals surface area contributed by atoms with Gasteiger partial charge < -0.3 is 30.1 Å². The van der Waals surface area contributed by atoms with Crippen molar-refractivity contribution in [3.8, 4) is 0 Å². The third-order valence-electron chi connectivity index (χ3n) is 3.12. The average molecular weight is 320 g/mol. The Hall–Kier alpha value is -1.13. The van der Waals surface area contributed by atoms with Gasteiger partial charge in [0.05, 0.1) is 19.3 Å². The highest BCUT2D eigenvalue weighted by molar-refractivity contribution is 7.43. The molecule has 2 heterocycles. The normalized spacial score (nSPS) is 27.0. The quantitative estimate of drug-likeness (QED) is 0.392. The lowest BCUT2D eigenvalue weighted by molar-refractivity contribution is -0.0407. The van der Waals surface area contributed by atoms with Gasteiger partial charge in [0.1, 0.15) is 18.1 Å². The van der Waals surface area contributed by atoms with Crippen LogP contribution in [0.5, 0.6) is 0 Å². The lowest BCUT2D eigenvalue weighted by atomic mass is 10.2. The number of hydrogen-bond acceptors (Lipinski definition) is 9. The predicted molar refractivity (Wildman–Crippen MR) is 72.6 cm³/mol. The zero-order valence-electron chi connectivity index (χ0n) is 11.0. The summed E-state index contributed by atoms with van der Waals surface area (Å²) in [5.74, 6) is -0.0498. The van der Waals surface area contributed by atoms with Crippen molar-refractivity contribution in [1.82, 2.24) is 9.55 Å². The van der Waals surface area contributed by atoms with E-state index in [9.17, 15) is 9.90 Å². The Morgan fingerprint density at radius 1 is 1.62 bits per heavy atom. The fourth-order valence-electron chi connectivity index (χ4n) is 2.04. The third kappa shape index (κ3) is 3.74. The van der Waals surface area contributed by atoms with Gasteiger partial charge in [0.2, 0.25) is 8.53 Å². The van der Waals surface area contributed by atoms with Crippen molar-refractivity contribution in [3.05, 3.63) is 22.2 Å². The molecule has 0 radical (unpaired) electrons. The molecule has 0 spiro atoms. The van der Waals surface area contributed by atoms with Crippen LogP contribution in [0.3, 0.4) is 0 Å². The molecule has 4 atom stereocenters. The summed E-state index contributed by atoms with van der Waals surface area (Å²) in [5.41, 5.74) is 10.2. The maximum Gasteiger partial charge on any atom is 0.351 e. The van der Waals surface area contributed by atoms with E-state index >= 15 is 0 Å². The summed E-state index contributed by atoms with van der Waals surface area (Å²) >= 11 is 0. The summed E-state index contributed by atoms with van der Waals surface area (Å²) in [7, 11) is -2.04. The van der Waals surface area contributed by atoms with Crippen LogP contribution in [0.15, 0.2) is 11.0 Å². The number of hydrogen-bond donors (Lipinski definition) is 5. The zero-order valence-corrected chi connectivity index (χ0v) is 11.9. The minimum atomic E-state index is -2.04. The molecule has 21 heavy (non-hydrogen) atoms. The number of aliphatic hydroxyl groups excluding tert-OH is 2. The number of rotatable bonds is 5. The van der Waals surface area contributed by atoms with Gasteiger partial charge in [-0.15, -0.1) is 0 Å². The SMILES string of the molecule is Nc1nc(=O)n([C@H]2C[C@H](O)[C@@H](COP(N)O)O2)cc1CO. The van der Waals surface area contributed by atoms with E-state index in [0.717, 1.165) is 4.57 Å². The van der Waals surface area contributed by atoms with Crippen molar-refractivity contribution in [2.75, 3.05) is 12.3 Å². The van der Waals surface area contributed by atoms with Crippen molar-refractivity contribution in [3.63, 3.8) is 0 Å². The highest BCUT2D eigenvalue weighted by atomic mass is 31.2. The summed E-state index contributed by atoms with van der Waals surface area (Å²) in [6.45, 7) is -0.469. The fraction of sp³-hybridized carbons (Fsp3) is 0.600. The molecule has 0 aliphatic carbocycles. The molecule has 10 nitrogen and oxygen atoms in total. The molecule has 2 rings (SSSR count). The van der Waals surface area contributed by atoms with Crippen LogP contribution in [0.4, 0.5) is 5.82 Å². The van der Waals surface area contributed by atoms with Crippen molar-refractivity contribution >= 4 is 14.3 Å². The number of nitrogens with two attached hydrogens (primary N) is 2. The van der Waals surface area contributed by atoms with Gasteiger partial charge in [0.25, 0.3) is 0 Å². The number of aromatic nitrogens is 2. The standard InChI is InChI=1S/C10H17N4O6P/c11-9-5(3-15)2-14(10(17)13-9)8-1-6(16)7(20-8)4-19-21(12)18/h2,6-8,15-16,18H,1,3-4,12H2,(H2,11,13,17)/t6-,7+,8+,21?/m0/s1. The molecule has 0 bridgehead atoms. The van der Waals surface area contributed by atoms with Crippen LogP contribution in [-0.4, -0.2) is 43.5 Å². The molecule has 0 aromatic carbocycles. The van der Waals surface area contributed by atoms with Crippen LogP contribution in [-0.2, 0) is 15.9 Å². The van der Waals surface area contributed by atoms with Crippen molar-refractivity contribution in [2.24, 2.45) is 5.50 Å². The Labute approximate surface area is 120 Å². The average Bonchev–Trinajstić information content (AvgIpc) is 2.77. The van der Waals surface area contributed by atoms with Crippen LogP contribution >= 0.6 is 8.53 Å². The lowest BCUT2D eigenvalue weighted by Crippen LogP contribution is -2.29. The van der Waals surface area contributed by atoms with E-state index in [1.807, 2.05) is 0 Å². The number of ether oxygens (including phenoxy) is 1. The minimum Gasteiger partial charge on any atom is -0.391 e. The first-order chi connectivity index (χ1) is 9.92. The Kier molecular flexibility index (Phi) is 5.22. The molecular formula is C10H17N4O6P. The Morgan fingerprint density at radius 3 is 2.95 bits per heavy atom. The zero-order chi connectivity index (χ0) is 15.6. The van der Waals surface area contributed by atoms with Crippen molar-refractivity contribution < 1.29 is 24.4 Å². The van der Waals surface area contributed by atoms with E-state index in [1.165, 1.54) is 6.20 Å². The molecule has 0 saturated carbocycles. The van der Waals surface area contributed by atoms with Crippen molar-refractivity contribution in [1.29, 1.82) is 0 Å². The molecule has 1 aromatic heterocycles.